The van der Waals surface area contributed by atoms with Crippen LogP contribution in [0.2, 0.25) is 0 Å². The molecule has 0 fully saturated rings. The molecule has 0 unspecified atom stereocenters. The van der Waals surface area contributed by atoms with Gasteiger partial charge in [0.15, 0.2) is 0 Å². The van der Waals surface area contributed by atoms with Gasteiger partial charge in [0.2, 0.25) is 15.9 Å². The molecule has 0 bridgehead atoms. The monoisotopic (exact) mass is 344 g/mol. The fourth-order valence-electron chi connectivity index (χ4n) is 2.84. The van der Waals surface area contributed by atoms with E-state index in [1.165, 1.54) is 0 Å². The summed E-state index contributed by atoms with van der Waals surface area (Å²) in [5, 5.41) is 0. The minimum Gasteiger partial charge on any atom is -0.315 e. The molecule has 3 rings (SSSR count). The van der Waals surface area contributed by atoms with Crippen LogP contribution in [0, 0.1) is 6.92 Å². The number of carbonyl (C=O) groups is 1. The zero-order chi connectivity index (χ0) is 17.3. The topological polar surface area (TPSA) is 66.5 Å². The second-order valence-electron chi connectivity index (χ2n) is 6.14. The summed E-state index contributed by atoms with van der Waals surface area (Å²) in [5.74, 6) is 0.0122. The number of hydrogen-bond acceptors (Lipinski definition) is 3. The van der Waals surface area contributed by atoms with Gasteiger partial charge in [-0.15, -0.1) is 0 Å². The summed E-state index contributed by atoms with van der Waals surface area (Å²) in [5.41, 5.74) is 4.19. The number of fused-ring (bicyclic) bond motifs is 1. The standard InChI is InChI=1S/C18H20N2O3S/c1-13-3-5-14(6-4-13)12-24(22,23)19-16-8-9-17-15(11-16)7-10-18(21)20(17)2/h3-6,8-9,11,19H,7,10,12H2,1-2H3. The Kier molecular flexibility index (Phi) is 4.32. The highest BCUT2D eigenvalue weighted by atomic mass is 32.2. The molecule has 0 saturated heterocycles. The number of amides is 1. The molecule has 0 atom stereocenters. The van der Waals surface area contributed by atoms with Crippen molar-refractivity contribution < 1.29 is 13.2 Å². The molecule has 126 valence electrons. The van der Waals surface area contributed by atoms with Gasteiger partial charge >= 0.3 is 0 Å². The van der Waals surface area contributed by atoms with E-state index >= 15 is 0 Å². The van der Waals surface area contributed by atoms with Gasteiger partial charge in [-0.3, -0.25) is 9.52 Å². The summed E-state index contributed by atoms with van der Waals surface area (Å²) in [6.45, 7) is 1.96. The molecule has 1 amide bonds. The third-order valence-corrected chi connectivity index (χ3v) is 5.43. The van der Waals surface area contributed by atoms with Gasteiger partial charge in [-0.1, -0.05) is 29.8 Å². The van der Waals surface area contributed by atoms with Gasteiger partial charge in [0.1, 0.15) is 0 Å². The van der Waals surface area contributed by atoms with E-state index in [9.17, 15) is 13.2 Å². The van der Waals surface area contributed by atoms with Gasteiger partial charge in [0.05, 0.1) is 5.75 Å². The Bertz CT molecular complexity index is 874. The number of rotatable bonds is 4. The van der Waals surface area contributed by atoms with Crippen molar-refractivity contribution in [1.82, 2.24) is 0 Å². The van der Waals surface area contributed by atoms with Crippen molar-refractivity contribution in [3.05, 3.63) is 59.2 Å². The third-order valence-electron chi connectivity index (χ3n) is 4.17. The summed E-state index contributed by atoms with van der Waals surface area (Å²) >= 11 is 0. The summed E-state index contributed by atoms with van der Waals surface area (Å²) in [7, 11) is -1.74. The molecule has 5 nitrogen and oxygen atoms in total. The number of sulfonamides is 1. The number of hydrogen-bond donors (Lipinski definition) is 1. The van der Waals surface area contributed by atoms with E-state index in [1.807, 2.05) is 37.3 Å². The lowest BCUT2D eigenvalue weighted by atomic mass is 10.0. The molecule has 24 heavy (non-hydrogen) atoms. The highest BCUT2D eigenvalue weighted by Gasteiger charge is 2.21. The third kappa shape index (κ3) is 3.59. The summed E-state index contributed by atoms with van der Waals surface area (Å²) in [6, 6.07) is 12.7. The highest BCUT2D eigenvalue weighted by Crippen LogP contribution is 2.29. The van der Waals surface area contributed by atoms with E-state index in [4.69, 9.17) is 0 Å². The van der Waals surface area contributed by atoms with Crippen LogP contribution in [-0.2, 0) is 27.0 Å². The van der Waals surface area contributed by atoms with Crippen LogP contribution in [-0.4, -0.2) is 21.4 Å². The van der Waals surface area contributed by atoms with Gasteiger partial charge in [-0.2, -0.15) is 0 Å². The second kappa shape index (κ2) is 6.28. The maximum absolute atomic E-state index is 12.4. The second-order valence-corrected chi connectivity index (χ2v) is 7.87. The van der Waals surface area contributed by atoms with E-state index in [0.717, 1.165) is 22.4 Å². The molecule has 6 heteroatoms. The van der Waals surface area contributed by atoms with Crippen molar-refractivity contribution in [1.29, 1.82) is 0 Å². The van der Waals surface area contributed by atoms with Gasteiger partial charge in [0.25, 0.3) is 0 Å². The molecule has 1 heterocycles. The van der Waals surface area contributed by atoms with Gasteiger partial charge in [0, 0.05) is 24.8 Å². The average molecular weight is 344 g/mol. The maximum Gasteiger partial charge on any atom is 0.236 e. The molecule has 1 N–H and O–H groups in total. The van der Waals surface area contributed by atoms with Crippen LogP contribution in [0.15, 0.2) is 42.5 Å². The number of nitrogens with zero attached hydrogens (tertiary/aromatic N) is 1. The van der Waals surface area contributed by atoms with E-state index in [1.54, 1.807) is 24.1 Å². The zero-order valence-corrected chi connectivity index (χ0v) is 14.6. The van der Waals surface area contributed by atoms with Crippen LogP contribution in [0.5, 0.6) is 0 Å². The van der Waals surface area contributed by atoms with Gasteiger partial charge in [-0.05, 0) is 42.7 Å². The normalized spacial score (nSPS) is 14.4. The summed E-state index contributed by atoms with van der Waals surface area (Å²) in [4.78, 5) is 13.3. The number of anilines is 2. The van der Waals surface area contributed by atoms with Crippen molar-refractivity contribution in [2.45, 2.75) is 25.5 Å². The van der Waals surface area contributed by atoms with Crippen molar-refractivity contribution in [2.75, 3.05) is 16.7 Å². The lowest BCUT2D eigenvalue weighted by Gasteiger charge is -2.26. The minimum absolute atomic E-state index is 0.0667. The molecular formula is C18H20N2O3S. The molecule has 2 aromatic rings. The largest absolute Gasteiger partial charge is 0.315 e. The molecule has 0 radical (unpaired) electrons. The molecular weight excluding hydrogens is 324 g/mol. The predicted molar refractivity (Wildman–Crippen MR) is 95.6 cm³/mol. The van der Waals surface area contributed by atoms with Crippen LogP contribution in [0.25, 0.3) is 0 Å². The first-order chi connectivity index (χ1) is 11.3. The Morgan fingerprint density at radius 2 is 1.79 bits per heavy atom. The Morgan fingerprint density at radius 1 is 1.08 bits per heavy atom. The Balaban J connectivity index is 1.78. The van der Waals surface area contributed by atoms with Crippen LogP contribution < -0.4 is 9.62 Å². The van der Waals surface area contributed by atoms with E-state index in [-0.39, 0.29) is 11.7 Å². The molecule has 2 aromatic carbocycles. The summed E-state index contributed by atoms with van der Waals surface area (Å²) in [6.07, 6.45) is 1.08. The highest BCUT2D eigenvalue weighted by molar-refractivity contribution is 7.91. The number of carbonyl (C=O) groups excluding carboxylic acids is 1. The van der Waals surface area contributed by atoms with E-state index in [0.29, 0.717) is 18.5 Å². The fourth-order valence-corrected chi connectivity index (χ4v) is 4.03. The predicted octanol–water partition coefficient (Wildman–Crippen LogP) is 2.85. The first-order valence-corrected chi connectivity index (χ1v) is 9.45. The van der Waals surface area contributed by atoms with Crippen molar-refractivity contribution >= 4 is 27.3 Å². The SMILES string of the molecule is Cc1ccc(CS(=O)(=O)Nc2ccc3c(c2)CCC(=O)N3C)cc1. The lowest BCUT2D eigenvalue weighted by Crippen LogP contribution is -2.31. The Labute approximate surface area is 142 Å². The zero-order valence-electron chi connectivity index (χ0n) is 13.7. The molecule has 1 aliphatic heterocycles. The minimum atomic E-state index is -3.48. The van der Waals surface area contributed by atoms with Gasteiger partial charge < -0.3 is 4.90 Å². The molecule has 0 aliphatic carbocycles. The quantitative estimate of drug-likeness (QED) is 0.927. The Hall–Kier alpha value is -2.34. The number of nitrogens with one attached hydrogen (secondary N) is 1. The molecule has 0 spiro atoms. The summed E-state index contributed by atoms with van der Waals surface area (Å²) < 4.78 is 27.4. The van der Waals surface area contributed by atoms with Crippen molar-refractivity contribution in [3.63, 3.8) is 0 Å². The van der Waals surface area contributed by atoms with Crippen LogP contribution in [0.4, 0.5) is 11.4 Å². The van der Waals surface area contributed by atoms with E-state index in [2.05, 4.69) is 4.72 Å². The van der Waals surface area contributed by atoms with Crippen LogP contribution in [0.3, 0.4) is 0 Å². The average Bonchev–Trinajstić information content (AvgIpc) is 2.53. The first kappa shape index (κ1) is 16.5. The lowest BCUT2D eigenvalue weighted by molar-refractivity contribution is -0.118. The van der Waals surface area contributed by atoms with Gasteiger partial charge in [-0.25, -0.2) is 8.42 Å². The Morgan fingerprint density at radius 3 is 2.50 bits per heavy atom. The molecule has 0 aromatic heterocycles. The van der Waals surface area contributed by atoms with E-state index < -0.39 is 10.0 Å². The van der Waals surface area contributed by atoms with Crippen molar-refractivity contribution in [2.24, 2.45) is 0 Å². The smallest absolute Gasteiger partial charge is 0.236 e. The molecule has 1 aliphatic rings. The van der Waals surface area contributed by atoms with Crippen LogP contribution in [0.1, 0.15) is 23.1 Å². The molecule has 0 saturated carbocycles. The maximum atomic E-state index is 12.4. The number of benzene rings is 2. The van der Waals surface area contributed by atoms with Crippen LogP contribution >= 0.6 is 0 Å². The fraction of sp³-hybridized carbons (Fsp3) is 0.278. The van der Waals surface area contributed by atoms with Crippen molar-refractivity contribution in [3.8, 4) is 0 Å². The number of aryl methyl sites for hydroxylation is 2. The first-order valence-electron chi connectivity index (χ1n) is 7.79.